The van der Waals surface area contributed by atoms with Crippen LogP contribution in [0.15, 0.2) is 72.8 Å². The Morgan fingerprint density at radius 2 is 1.68 bits per heavy atom. The minimum atomic E-state index is -0.484. The van der Waals surface area contributed by atoms with Gasteiger partial charge in [0.2, 0.25) is 11.8 Å². The fourth-order valence-corrected chi connectivity index (χ4v) is 4.31. The fourth-order valence-electron chi connectivity index (χ4n) is 4.31. The second-order valence-electron chi connectivity index (χ2n) is 7.73. The number of rotatable bonds is 4. The number of ether oxygens (including phenoxy) is 2. The highest BCUT2D eigenvalue weighted by Gasteiger charge is 2.37. The average molecular weight is 414 g/mol. The molecule has 0 saturated carbocycles. The zero-order valence-corrected chi connectivity index (χ0v) is 17.1. The second-order valence-corrected chi connectivity index (χ2v) is 7.73. The van der Waals surface area contributed by atoms with Gasteiger partial charge in [-0.05, 0) is 24.3 Å². The molecule has 3 aromatic rings. The van der Waals surface area contributed by atoms with Crippen LogP contribution in [0.3, 0.4) is 0 Å². The van der Waals surface area contributed by atoms with E-state index in [1.165, 1.54) is 0 Å². The van der Waals surface area contributed by atoms with E-state index < -0.39 is 5.92 Å². The zero-order valence-electron chi connectivity index (χ0n) is 17.1. The Labute approximate surface area is 180 Å². The summed E-state index contributed by atoms with van der Waals surface area (Å²) >= 11 is 0. The molecule has 0 unspecified atom stereocenters. The average Bonchev–Trinajstić information content (AvgIpc) is 3.17. The number of hydrogen-bond donors (Lipinski definition) is 1. The van der Waals surface area contributed by atoms with Crippen LogP contribution < -0.4 is 19.7 Å². The Morgan fingerprint density at radius 1 is 1.00 bits per heavy atom. The maximum atomic E-state index is 13.4. The molecule has 6 heteroatoms. The molecule has 0 radical (unpaired) electrons. The van der Waals surface area contributed by atoms with Gasteiger partial charge in [0, 0.05) is 35.8 Å². The van der Waals surface area contributed by atoms with Gasteiger partial charge in [0.1, 0.15) is 17.2 Å². The molecule has 2 aliphatic rings. The van der Waals surface area contributed by atoms with Crippen molar-refractivity contribution >= 4 is 17.5 Å². The van der Waals surface area contributed by atoms with Crippen molar-refractivity contribution in [2.24, 2.45) is 0 Å². The number of amides is 2. The van der Waals surface area contributed by atoms with Gasteiger partial charge in [-0.2, -0.15) is 0 Å². The van der Waals surface area contributed by atoms with E-state index in [0.29, 0.717) is 23.8 Å². The van der Waals surface area contributed by atoms with Crippen LogP contribution in [0.5, 0.6) is 17.2 Å². The molecule has 2 aliphatic heterocycles. The molecule has 0 aliphatic carbocycles. The van der Waals surface area contributed by atoms with E-state index in [9.17, 15) is 9.59 Å². The fraction of sp³-hybridized carbons (Fsp3) is 0.200. The summed E-state index contributed by atoms with van der Waals surface area (Å²) in [5.41, 5.74) is 2.42. The van der Waals surface area contributed by atoms with Crippen LogP contribution in [0.1, 0.15) is 23.5 Å². The highest BCUT2D eigenvalue weighted by Crippen LogP contribution is 2.44. The minimum absolute atomic E-state index is 0.0219. The summed E-state index contributed by atoms with van der Waals surface area (Å²) in [4.78, 5) is 27.8. The molecule has 156 valence electrons. The zero-order chi connectivity index (χ0) is 21.4. The molecule has 0 bridgehead atoms. The van der Waals surface area contributed by atoms with E-state index in [-0.39, 0.29) is 24.3 Å². The van der Waals surface area contributed by atoms with Gasteiger partial charge in [0.05, 0.1) is 19.1 Å². The number of carbonyl (C=O) groups excluding carboxylic acids is 2. The van der Waals surface area contributed by atoms with E-state index in [2.05, 4.69) is 5.32 Å². The third kappa shape index (κ3) is 3.50. The molecule has 1 fully saturated rings. The first-order valence-electron chi connectivity index (χ1n) is 10.2. The van der Waals surface area contributed by atoms with Crippen LogP contribution in [0.25, 0.3) is 0 Å². The number of nitrogens with one attached hydrogen (secondary N) is 1. The standard InChI is InChI=1S/C25H22N2O4/c1-30-18-8-6-7-17(14-18)27-15-16(13-23(27)28)26-25(29)24-19-9-2-4-11-21(19)31-22-12-5-3-10-20(22)24/h2-12,14,16,24H,13,15H2,1H3,(H,26,29)/t16-/m1/s1. The van der Waals surface area contributed by atoms with Crippen LogP contribution in [-0.2, 0) is 9.59 Å². The molecular weight excluding hydrogens is 392 g/mol. The lowest BCUT2D eigenvalue weighted by molar-refractivity contribution is -0.122. The molecule has 31 heavy (non-hydrogen) atoms. The lowest BCUT2D eigenvalue weighted by atomic mass is 9.87. The summed E-state index contributed by atoms with van der Waals surface area (Å²) in [7, 11) is 1.59. The van der Waals surface area contributed by atoms with Gasteiger partial charge in [-0.3, -0.25) is 9.59 Å². The van der Waals surface area contributed by atoms with Crippen LogP contribution in [0.4, 0.5) is 5.69 Å². The second kappa shape index (κ2) is 7.80. The van der Waals surface area contributed by atoms with Gasteiger partial charge in [-0.15, -0.1) is 0 Å². The van der Waals surface area contributed by atoms with Crippen molar-refractivity contribution in [3.8, 4) is 17.2 Å². The molecule has 1 N–H and O–H groups in total. The molecule has 2 amide bonds. The molecule has 0 aromatic heterocycles. The maximum Gasteiger partial charge on any atom is 0.232 e. The topological polar surface area (TPSA) is 67.9 Å². The number of anilines is 1. The van der Waals surface area contributed by atoms with Crippen molar-refractivity contribution < 1.29 is 19.1 Å². The van der Waals surface area contributed by atoms with E-state index in [4.69, 9.17) is 9.47 Å². The van der Waals surface area contributed by atoms with Crippen molar-refractivity contribution in [1.29, 1.82) is 0 Å². The molecular formula is C25H22N2O4. The van der Waals surface area contributed by atoms with Crippen LogP contribution in [0, 0.1) is 0 Å². The molecule has 3 aromatic carbocycles. The highest BCUT2D eigenvalue weighted by molar-refractivity contribution is 5.97. The van der Waals surface area contributed by atoms with Gasteiger partial charge in [-0.1, -0.05) is 42.5 Å². The lowest BCUT2D eigenvalue weighted by Gasteiger charge is -2.28. The molecule has 2 heterocycles. The normalized spacial score (nSPS) is 17.5. The van der Waals surface area contributed by atoms with E-state index in [1.807, 2.05) is 72.8 Å². The number of nitrogens with zero attached hydrogens (tertiary/aromatic N) is 1. The lowest BCUT2D eigenvalue weighted by Crippen LogP contribution is -2.40. The Balaban J connectivity index is 1.38. The number of carbonyl (C=O) groups is 2. The van der Waals surface area contributed by atoms with Gasteiger partial charge < -0.3 is 19.7 Å². The molecule has 1 saturated heterocycles. The highest BCUT2D eigenvalue weighted by atomic mass is 16.5. The summed E-state index contributed by atoms with van der Waals surface area (Å²) < 4.78 is 11.3. The van der Waals surface area contributed by atoms with Gasteiger partial charge >= 0.3 is 0 Å². The van der Waals surface area contributed by atoms with Crippen LogP contribution in [0.2, 0.25) is 0 Å². The van der Waals surface area contributed by atoms with E-state index in [0.717, 1.165) is 16.8 Å². The molecule has 0 spiro atoms. The third-order valence-corrected chi connectivity index (χ3v) is 5.78. The van der Waals surface area contributed by atoms with Crippen molar-refractivity contribution in [3.63, 3.8) is 0 Å². The van der Waals surface area contributed by atoms with Gasteiger partial charge in [0.25, 0.3) is 0 Å². The number of hydrogen-bond acceptors (Lipinski definition) is 4. The van der Waals surface area contributed by atoms with E-state index in [1.54, 1.807) is 12.0 Å². The first kappa shape index (κ1) is 19.2. The molecule has 1 atom stereocenters. The summed E-state index contributed by atoms with van der Waals surface area (Å²) in [5, 5.41) is 3.10. The van der Waals surface area contributed by atoms with Crippen molar-refractivity contribution in [1.82, 2.24) is 5.32 Å². The Kier molecular flexibility index (Phi) is 4.82. The predicted molar refractivity (Wildman–Crippen MR) is 117 cm³/mol. The quantitative estimate of drug-likeness (QED) is 0.704. The van der Waals surface area contributed by atoms with Gasteiger partial charge in [-0.25, -0.2) is 0 Å². The number of benzene rings is 3. The van der Waals surface area contributed by atoms with Crippen molar-refractivity contribution in [3.05, 3.63) is 83.9 Å². The summed E-state index contributed by atoms with van der Waals surface area (Å²) in [6.45, 7) is 0.421. The first-order valence-corrected chi connectivity index (χ1v) is 10.2. The number of methoxy groups -OCH3 is 1. The largest absolute Gasteiger partial charge is 0.497 e. The molecule has 5 rings (SSSR count). The summed E-state index contributed by atoms with van der Waals surface area (Å²) in [6.07, 6.45) is 0.259. The Morgan fingerprint density at radius 3 is 2.35 bits per heavy atom. The Bertz CT molecular complexity index is 1110. The van der Waals surface area contributed by atoms with Crippen molar-refractivity contribution in [2.45, 2.75) is 18.4 Å². The maximum absolute atomic E-state index is 13.4. The minimum Gasteiger partial charge on any atom is -0.497 e. The SMILES string of the molecule is COc1cccc(N2C[C@H](NC(=O)C3c4ccccc4Oc4ccccc43)CC2=O)c1. The predicted octanol–water partition coefficient (Wildman–Crippen LogP) is 3.85. The molecule has 6 nitrogen and oxygen atoms in total. The monoisotopic (exact) mass is 414 g/mol. The van der Waals surface area contributed by atoms with Crippen LogP contribution >= 0.6 is 0 Å². The summed E-state index contributed by atoms with van der Waals surface area (Å²) in [5.74, 6) is 1.42. The first-order chi connectivity index (χ1) is 15.1. The number of para-hydroxylation sites is 2. The summed E-state index contributed by atoms with van der Waals surface area (Å²) in [6, 6.07) is 22.3. The smallest absolute Gasteiger partial charge is 0.232 e. The third-order valence-electron chi connectivity index (χ3n) is 5.78. The van der Waals surface area contributed by atoms with Gasteiger partial charge in [0.15, 0.2) is 0 Å². The van der Waals surface area contributed by atoms with Crippen LogP contribution in [-0.4, -0.2) is 31.5 Å². The Hall–Kier alpha value is -3.80. The number of fused-ring (bicyclic) bond motifs is 2. The van der Waals surface area contributed by atoms with E-state index >= 15 is 0 Å². The van der Waals surface area contributed by atoms with Crippen molar-refractivity contribution in [2.75, 3.05) is 18.6 Å².